The fourth-order valence-corrected chi connectivity index (χ4v) is 8.87. The molecule has 0 bridgehead atoms. The van der Waals surface area contributed by atoms with E-state index < -0.39 is 5.41 Å². The number of hydrogen-bond acceptors (Lipinski definition) is 7. The predicted molar refractivity (Wildman–Crippen MR) is 259 cm³/mol. The van der Waals surface area contributed by atoms with Gasteiger partial charge in [0.1, 0.15) is 3.53 Å². The Bertz CT molecular complexity index is 2750. The van der Waals surface area contributed by atoms with Gasteiger partial charge in [-0.1, -0.05) is 85.0 Å². The summed E-state index contributed by atoms with van der Waals surface area (Å²) in [5.41, 5.74) is 6.70. The van der Waals surface area contributed by atoms with E-state index in [1.807, 2.05) is 148 Å². The molecular formula is C53H41IrN4S3. The molecule has 8 heteroatoms. The molecule has 0 aliphatic rings. The van der Waals surface area contributed by atoms with Crippen LogP contribution in [0, 0.1) is 34.9 Å². The van der Waals surface area contributed by atoms with Crippen LogP contribution < -0.4 is 0 Å². The van der Waals surface area contributed by atoms with Crippen LogP contribution in [-0.4, -0.2) is 24.7 Å². The third-order valence-corrected chi connectivity index (χ3v) is 12.6. The summed E-state index contributed by atoms with van der Waals surface area (Å²) in [7, 11) is 0. The van der Waals surface area contributed by atoms with Gasteiger partial charge >= 0.3 is 20.1 Å². The minimum atomic E-state index is -0.415. The molecule has 0 amide bonds. The topological polar surface area (TPSA) is 62.5 Å². The average Bonchev–Trinajstić information content (AvgIpc) is 3.31. The van der Waals surface area contributed by atoms with E-state index in [4.69, 9.17) is 12.2 Å². The number of pyridine rings is 3. The van der Waals surface area contributed by atoms with Crippen LogP contribution in [0.25, 0.3) is 66.1 Å². The molecule has 0 aliphatic heterocycles. The quantitative estimate of drug-likeness (QED) is 0.116. The molecule has 0 aliphatic carbocycles. The van der Waals surface area contributed by atoms with E-state index in [1.165, 1.54) is 26.9 Å². The van der Waals surface area contributed by atoms with Gasteiger partial charge in [-0.15, -0.1) is 131 Å². The van der Waals surface area contributed by atoms with Crippen molar-refractivity contribution in [1.29, 1.82) is 5.26 Å². The van der Waals surface area contributed by atoms with Gasteiger partial charge in [-0.3, -0.25) is 0 Å². The van der Waals surface area contributed by atoms with Crippen molar-refractivity contribution in [2.45, 2.75) is 25.5 Å². The normalized spacial score (nSPS) is 11.2. The Morgan fingerprint density at radius 3 is 1.41 bits per heavy atom. The van der Waals surface area contributed by atoms with E-state index in [1.54, 1.807) is 23.5 Å². The van der Waals surface area contributed by atoms with Gasteiger partial charge in [-0.25, -0.2) is 0 Å². The molecule has 0 saturated carbocycles. The van der Waals surface area contributed by atoms with Crippen molar-refractivity contribution in [2.24, 2.45) is 5.41 Å². The molecule has 1 unspecified atom stereocenters. The standard InChI is InChI=1S/C23H21N2S3.2C15H10N.Ir/c1-23(2,15-24)14-20(28-22(26)27-3)17-8-10-18(11-9-17)21-19-7-5-4-6-16(19)12-13-25-21;2*1-2-7-13(8-3-1)15-14-9-5-4-6-12(14)10-11-16-15;/h4-10,12-13,20H,14H2,1-3H3;2*1-7,9-11H;/q3*-1;+3. The Hall–Kier alpha value is -5.52. The fourth-order valence-electron chi connectivity index (χ4n) is 6.77. The second-order valence-electron chi connectivity index (χ2n) is 14.5. The SMILES string of the molecule is CSC(=S)SC(CC(C)(C)C#N)c1c[c-]c(-c2nccc3ccccc23)cc1.[Ir+3].[c-]1ccccc1-c1nccc2ccccc12.[c-]1ccccc1-c1nccc2ccccc12. The maximum atomic E-state index is 9.46. The van der Waals surface area contributed by atoms with E-state index >= 15 is 0 Å². The summed E-state index contributed by atoms with van der Waals surface area (Å²) in [4.78, 5) is 13.5. The van der Waals surface area contributed by atoms with Crippen molar-refractivity contribution in [2.75, 3.05) is 6.26 Å². The summed E-state index contributed by atoms with van der Waals surface area (Å²) in [6, 6.07) is 65.2. The van der Waals surface area contributed by atoms with Crippen LogP contribution in [0.3, 0.4) is 0 Å². The number of hydrogen-bond donors (Lipinski definition) is 0. The summed E-state index contributed by atoms with van der Waals surface area (Å²) in [6.07, 6.45) is 8.25. The van der Waals surface area contributed by atoms with E-state index in [2.05, 4.69) is 87.8 Å². The van der Waals surface area contributed by atoms with E-state index in [0.717, 1.165) is 54.7 Å². The van der Waals surface area contributed by atoms with Gasteiger partial charge in [0.15, 0.2) is 0 Å². The van der Waals surface area contributed by atoms with Gasteiger partial charge in [-0.2, -0.15) is 5.26 Å². The number of nitrogens with zero attached hydrogens (tertiary/aromatic N) is 4. The van der Waals surface area contributed by atoms with Crippen LogP contribution in [0.15, 0.2) is 176 Å². The molecule has 4 nitrogen and oxygen atoms in total. The van der Waals surface area contributed by atoms with Crippen LogP contribution in [0.1, 0.15) is 31.1 Å². The van der Waals surface area contributed by atoms with Crippen LogP contribution >= 0.6 is 35.7 Å². The first kappa shape index (κ1) is 45.0. The molecule has 6 aromatic carbocycles. The Kier molecular flexibility index (Phi) is 16.1. The van der Waals surface area contributed by atoms with Gasteiger partial charge in [0, 0.05) is 23.8 Å². The zero-order chi connectivity index (χ0) is 41.7. The molecule has 3 aromatic heterocycles. The zero-order valence-electron chi connectivity index (χ0n) is 33.9. The fraction of sp³-hybridized carbons (Fsp3) is 0.113. The summed E-state index contributed by atoms with van der Waals surface area (Å²) < 4.78 is 0.888. The van der Waals surface area contributed by atoms with E-state index in [0.29, 0.717) is 0 Å². The second kappa shape index (κ2) is 21.8. The van der Waals surface area contributed by atoms with E-state index in [9.17, 15) is 5.26 Å². The summed E-state index contributed by atoms with van der Waals surface area (Å²) >= 11 is 8.66. The molecule has 9 rings (SSSR count). The Morgan fingerprint density at radius 2 is 1.03 bits per heavy atom. The first-order valence-corrected chi connectivity index (χ1v) is 22.0. The zero-order valence-corrected chi connectivity index (χ0v) is 38.7. The Labute approximate surface area is 386 Å². The van der Waals surface area contributed by atoms with Crippen molar-refractivity contribution >= 4 is 71.6 Å². The second-order valence-corrected chi connectivity index (χ2v) is 17.7. The first-order valence-electron chi connectivity index (χ1n) is 19.5. The first-order chi connectivity index (χ1) is 29.3. The molecule has 61 heavy (non-hydrogen) atoms. The van der Waals surface area contributed by atoms with Gasteiger partial charge < -0.3 is 15.0 Å². The van der Waals surface area contributed by atoms with Crippen molar-refractivity contribution in [3.8, 4) is 39.8 Å². The molecule has 300 valence electrons. The van der Waals surface area contributed by atoms with Gasteiger partial charge in [0.05, 0.1) is 11.5 Å². The minimum absolute atomic E-state index is 0. The predicted octanol–water partition coefficient (Wildman–Crippen LogP) is 14.5. The maximum absolute atomic E-state index is 9.46. The maximum Gasteiger partial charge on any atom is 3.00 e. The molecule has 0 fully saturated rings. The number of thioether (sulfide) groups is 2. The Balaban J connectivity index is 0.000000161. The molecule has 0 saturated heterocycles. The third kappa shape index (κ3) is 11.7. The number of nitriles is 1. The number of benzene rings is 6. The summed E-state index contributed by atoms with van der Waals surface area (Å²) in [5.74, 6) is 0. The van der Waals surface area contributed by atoms with Crippen LogP contribution in [-0.2, 0) is 20.1 Å². The molecule has 0 spiro atoms. The molecule has 1 atom stereocenters. The summed E-state index contributed by atoms with van der Waals surface area (Å²) in [6.45, 7) is 3.95. The number of rotatable bonds is 7. The van der Waals surface area contributed by atoms with Gasteiger partial charge in [-0.05, 0) is 94.1 Å². The molecule has 0 radical (unpaired) electrons. The third-order valence-electron chi connectivity index (χ3n) is 9.82. The number of aromatic nitrogens is 3. The minimum Gasteiger partial charge on any atom is -0.304 e. The smallest absolute Gasteiger partial charge is 0.304 e. The molecule has 0 N–H and O–H groups in total. The van der Waals surface area contributed by atoms with Crippen molar-refractivity contribution in [3.63, 3.8) is 0 Å². The molecular weight excluding hydrogens is 981 g/mol. The van der Waals surface area contributed by atoms with Gasteiger partial charge in [0.25, 0.3) is 0 Å². The number of thiocarbonyl (C=S) groups is 1. The molecule has 3 heterocycles. The largest absolute Gasteiger partial charge is 3.00 e. The van der Waals surface area contributed by atoms with Crippen molar-refractivity contribution in [1.82, 2.24) is 15.0 Å². The van der Waals surface area contributed by atoms with Crippen LogP contribution in [0.4, 0.5) is 0 Å². The monoisotopic (exact) mass is 1020 g/mol. The van der Waals surface area contributed by atoms with Crippen molar-refractivity contribution < 1.29 is 20.1 Å². The number of fused-ring (bicyclic) bond motifs is 3. The van der Waals surface area contributed by atoms with Gasteiger partial charge in [0.2, 0.25) is 0 Å². The summed E-state index contributed by atoms with van der Waals surface area (Å²) in [5, 5.41) is 16.6. The Morgan fingerprint density at radius 1 is 0.607 bits per heavy atom. The van der Waals surface area contributed by atoms with E-state index in [-0.39, 0.29) is 25.4 Å². The van der Waals surface area contributed by atoms with Crippen LogP contribution in [0.5, 0.6) is 0 Å². The average molecular weight is 1020 g/mol. The molecule has 9 aromatic rings. The van der Waals surface area contributed by atoms with Crippen molar-refractivity contribution in [3.05, 3.63) is 200 Å². The van der Waals surface area contributed by atoms with Crippen LogP contribution in [0.2, 0.25) is 0 Å².